The second kappa shape index (κ2) is 6.50. The minimum atomic E-state index is -0.639. The van der Waals surface area contributed by atoms with E-state index in [1.54, 1.807) is 25.1 Å². The van der Waals surface area contributed by atoms with Crippen LogP contribution in [0.5, 0.6) is 17.2 Å². The third kappa shape index (κ3) is 3.59. The summed E-state index contributed by atoms with van der Waals surface area (Å²) in [6, 6.07) is 11.0. The van der Waals surface area contributed by atoms with Crippen molar-refractivity contribution >= 4 is 27.5 Å². The van der Waals surface area contributed by atoms with Crippen molar-refractivity contribution < 1.29 is 19.0 Å². The van der Waals surface area contributed by atoms with Crippen LogP contribution in [0.4, 0.5) is 5.69 Å². The van der Waals surface area contributed by atoms with Crippen LogP contribution < -0.4 is 19.5 Å². The first-order valence-corrected chi connectivity index (χ1v) is 7.95. The molecule has 0 radical (unpaired) electrons. The number of carbonyl (C=O) groups is 1. The fourth-order valence-electron chi connectivity index (χ4n) is 2.16. The third-order valence-electron chi connectivity index (χ3n) is 3.40. The van der Waals surface area contributed by atoms with Crippen LogP contribution in [-0.2, 0) is 4.79 Å². The van der Waals surface area contributed by atoms with E-state index in [-0.39, 0.29) is 12.7 Å². The van der Waals surface area contributed by atoms with Crippen LogP contribution in [-0.4, -0.2) is 18.8 Å². The molecule has 0 bridgehead atoms. The zero-order chi connectivity index (χ0) is 16.4. The second-order valence-electron chi connectivity index (χ2n) is 5.25. The Morgan fingerprint density at radius 2 is 2.00 bits per heavy atom. The first-order valence-electron chi connectivity index (χ1n) is 7.16. The Balaban J connectivity index is 1.65. The molecule has 0 saturated heterocycles. The van der Waals surface area contributed by atoms with E-state index in [9.17, 15) is 4.79 Å². The molecule has 0 saturated carbocycles. The molecule has 0 aromatic heterocycles. The molecule has 120 valence electrons. The summed E-state index contributed by atoms with van der Waals surface area (Å²) in [5.74, 6) is 1.69. The van der Waals surface area contributed by atoms with Crippen molar-refractivity contribution in [3.63, 3.8) is 0 Å². The smallest absolute Gasteiger partial charge is 0.265 e. The molecule has 6 heteroatoms. The number of benzene rings is 2. The number of hydrogen-bond donors (Lipinski definition) is 1. The first kappa shape index (κ1) is 15.7. The number of aryl methyl sites for hydroxylation is 1. The maximum Gasteiger partial charge on any atom is 0.265 e. The molecule has 3 rings (SSSR count). The number of ether oxygens (including phenoxy) is 3. The molecule has 2 aromatic carbocycles. The largest absolute Gasteiger partial charge is 0.480 e. The summed E-state index contributed by atoms with van der Waals surface area (Å²) in [6.07, 6.45) is -0.639. The predicted octanol–water partition coefficient (Wildman–Crippen LogP) is 3.89. The van der Waals surface area contributed by atoms with Gasteiger partial charge in [0.25, 0.3) is 5.91 Å². The minimum Gasteiger partial charge on any atom is -0.480 e. The summed E-state index contributed by atoms with van der Waals surface area (Å²) in [5, 5.41) is 2.81. The van der Waals surface area contributed by atoms with Gasteiger partial charge in [0.2, 0.25) is 6.79 Å². The average molecular weight is 378 g/mol. The Labute approximate surface area is 142 Å². The molecule has 0 aliphatic carbocycles. The number of amides is 1. The summed E-state index contributed by atoms with van der Waals surface area (Å²) in [6.45, 7) is 3.90. The molecule has 0 fully saturated rings. The van der Waals surface area contributed by atoms with E-state index in [1.165, 1.54) is 0 Å². The van der Waals surface area contributed by atoms with E-state index in [0.29, 0.717) is 22.9 Å². The average Bonchev–Trinajstić information content (AvgIpc) is 2.97. The van der Waals surface area contributed by atoms with Crippen LogP contribution in [0, 0.1) is 6.92 Å². The lowest BCUT2D eigenvalue weighted by Crippen LogP contribution is -2.30. The quantitative estimate of drug-likeness (QED) is 0.877. The molecule has 1 aliphatic heterocycles. The number of nitrogens with one attached hydrogen (secondary N) is 1. The molecule has 1 aliphatic rings. The zero-order valence-electron chi connectivity index (χ0n) is 12.8. The maximum atomic E-state index is 12.3. The third-order valence-corrected chi connectivity index (χ3v) is 4.02. The number of carbonyl (C=O) groups excluding carboxylic acids is 1. The van der Waals surface area contributed by atoms with E-state index in [1.807, 2.05) is 25.1 Å². The van der Waals surface area contributed by atoms with Gasteiger partial charge in [-0.3, -0.25) is 4.79 Å². The van der Waals surface area contributed by atoms with Crippen molar-refractivity contribution in [3.05, 3.63) is 46.4 Å². The van der Waals surface area contributed by atoms with Gasteiger partial charge in [0, 0.05) is 11.8 Å². The van der Waals surface area contributed by atoms with E-state index < -0.39 is 6.10 Å². The fourth-order valence-corrected chi connectivity index (χ4v) is 2.75. The van der Waals surface area contributed by atoms with Gasteiger partial charge in [-0.05, 0) is 59.6 Å². The van der Waals surface area contributed by atoms with Crippen molar-refractivity contribution in [2.75, 3.05) is 12.1 Å². The van der Waals surface area contributed by atoms with Crippen molar-refractivity contribution in [2.45, 2.75) is 20.0 Å². The summed E-state index contributed by atoms with van der Waals surface area (Å²) < 4.78 is 17.1. The van der Waals surface area contributed by atoms with Crippen LogP contribution in [0.3, 0.4) is 0 Å². The van der Waals surface area contributed by atoms with Gasteiger partial charge in [0.05, 0.1) is 4.47 Å². The molecule has 0 spiro atoms. The Morgan fingerprint density at radius 1 is 1.22 bits per heavy atom. The monoisotopic (exact) mass is 377 g/mol. The van der Waals surface area contributed by atoms with Crippen LogP contribution in [0.2, 0.25) is 0 Å². The molecule has 1 N–H and O–H groups in total. The maximum absolute atomic E-state index is 12.3. The number of anilines is 1. The molecule has 1 amide bonds. The first-order chi connectivity index (χ1) is 11.0. The SMILES string of the molecule is Cc1ccc(OC(C)C(=O)Nc2ccc3c(c2)OCO3)c(Br)c1. The van der Waals surface area contributed by atoms with E-state index >= 15 is 0 Å². The molecular weight excluding hydrogens is 362 g/mol. The summed E-state index contributed by atoms with van der Waals surface area (Å²) in [4.78, 5) is 12.3. The zero-order valence-corrected chi connectivity index (χ0v) is 14.3. The lowest BCUT2D eigenvalue weighted by molar-refractivity contribution is -0.122. The van der Waals surface area contributed by atoms with Gasteiger partial charge in [0.15, 0.2) is 17.6 Å². The molecule has 23 heavy (non-hydrogen) atoms. The summed E-state index contributed by atoms with van der Waals surface area (Å²) in [7, 11) is 0. The van der Waals surface area contributed by atoms with Gasteiger partial charge in [0.1, 0.15) is 5.75 Å². The van der Waals surface area contributed by atoms with Crippen LogP contribution in [0.1, 0.15) is 12.5 Å². The highest BCUT2D eigenvalue weighted by Crippen LogP contribution is 2.34. The Bertz CT molecular complexity index is 747. The highest BCUT2D eigenvalue weighted by atomic mass is 79.9. The number of halogens is 1. The lowest BCUT2D eigenvalue weighted by Gasteiger charge is -2.16. The van der Waals surface area contributed by atoms with E-state index in [4.69, 9.17) is 14.2 Å². The van der Waals surface area contributed by atoms with Crippen LogP contribution >= 0.6 is 15.9 Å². The normalized spacial score (nSPS) is 13.5. The molecule has 1 unspecified atom stereocenters. The van der Waals surface area contributed by atoms with Gasteiger partial charge < -0.3 is 19.5 Å². The van der Waals surface area contributed by atoms with E-state index in [2.05, 4.69) is 21.2 Å². The number of fused-ring (bicyclic) bond motifs is 1. The van der Waals surface area contributed by atoms with Gasteiger partial charge in [-0.25, -0.2) is 0 Å². The van der Waals surface area contributed by atoms with Gasteiger partial charge >= 0.3 is 0 Å². The van der Waals surface area contributed by atoms with Crippen molar-refractivity contribution in [1.82, 2.24) is 0 Å². The molecular formula is C17H16BrNO4. The van der Waals surface area contributed by atoms with Crippen molar-refractivity contribution in [1.29, 1.82) is 0 Å². The summed E-state index contributed by atoms with van der Waals surface area (Å²) in [5.41, 5.74) is 1.75. The summed E-state index contributed by atoms with van der Waals surface area (Å²) >= 11 is 3.44. The Kier molecular flexibility index (Phi) is 4.43. The van der Waals surface area contributed by atoms with Crippen molar-refractivity contribution in [3.8, 4) is 17.2 Å². The van der Waals surface area contributed by atoms with Crippen LogP contribution in [0.15, 0.2) is 40.9 Å². The second-order valence-corrected chi connectivity index (χ2v) is 6.11. The van der Waals surface area contributed by atoms with Gasteiger partial charge in [-0.2, -0.15) is 0 Å². The van der Waals surface area contributed by atoms with Crippen LogP contribution in [0.25, 0.3) is 0 Å². The molecule has 1 atom stereocenters. The highest BCUT2D eigenvalue weighted by molar-refractivity contribution is 9.10. The molecule has 5 nitrogen and oxygen atoms in total. The molecule has 2 aromatic rings. The standard InChI is InChI=1S/C17H16BrNO4/c1-10-3-5-14(13(18)7-10)23-11(2)17(20)19-12-4-6-15-16(8-12)22-9-21-15/h3-8,11H,9H2,1-2H3,(H,19,20). The molecule has 1 heterocycles. The topological polar surface area (TPSA) is 56.8 Å². The fraction of sp³-hybridized carbons (Fsp3) is 0.235. The lowest BCUT2D eigenvalue weighted by atomic mass is 10.2. The van der Waals surface area contributed by atoms with Gasteiger partial charge in [-0.1, -0.05) is 6.07 Å². The van der Waals surface area contributed by atoms with Gasteiger partial charge in [-0.15, -0.1) is 0 Å². The van der Waals surface area contributed by atoms with E-state index in [0.717, 1.165) is 10.0 Å². The highest BCUT2D eigenvalue weighted by Gasteiger charge is 2.18. The van der Waals surface area contributed by atoms with Crippen molar-refractivity contribution in [2.24, 2.45) is 0 Å². The number of rotatable bonds is 4. The Hall–Kier alpha value is -2.21. The minimum absolute atomic E-state index is 0.202. The predicted molar refractivity (Wildman–Crippen MR) is 90.2 cm³/mol. The number of hydrogen-bond acceptors (Lipinski definition) is 4. The Morgan fingerprint density at radius 3 is 2.78 bits per heavy atom.